The van der Waals surface area contributed by atoms with Crippen molar-refractivity contribution in [2.45, 2.75) is 39.7 Å². The molecule has 102 valence electrons. The SMILES string of the molecule is CC(C)CNc1cnn(CCCCCO)c(=O)c1. The number of hydrogen-bond donors (Lipinski definition) is 2. The lowest BCUT2D eigenvalue weighted by Gasteiger charge is -2.09. The third-order valence-electron chi connectivity index (χ3n) is 2.61. The molecule has 1 rings (SSSR count). The van der Waals surface area contributed by atoms with Crippen LogP contribution in [0.5, 0.6) is 0 Å². The summed E-state index contributed by atoms with van der Waals surface area (Å²) in [6.07, 6.45) is 4.25. The highest BCUT2D eigenvalue weighted by Crippen LogP contribution is 2.02. The Kier molecular flexibility index (Phi) is 6.43. The van der Waals surface area contributed by atoms with Crippen molar-refractivity contribution in [3.05, 3.63) is 22.6 Å². The van der Waals surface area contributed by atoms with Crippen molar-refractivity contribution in [3.8, 4) is 0 Å². The van der Waals surface area contributed by atoms with Crippen molar-refractivity contribution in [1.82, 2.24) is 9.78 Å². The number of hydrogen-bond acceptors (Lipinski definition) is 4. The molecule has 0 aliphatic heterocycles. The summed E-state index contributed by atoms with van der Waals surface area (Å²) in [7, 11) is 0. The molecule has 0 aliphatic carbocycles. The van der Waals surface area contributed by atoms with E-state index in [1.165, 1.54) is 4.68 Å². The Morgan fingerprint density at radius 2 is 2.17 bits per heavy atom. The first-order valence-electron chi connectivity index (χ1n) is 6.55. The lowest BCUT2D eigenvalue weighted by Crippen LogP contribution is -2.23. The molecular weight excluding hydrogens is 230 g/mol. The standard InChI is InChI=1S/C13H23N3O2/c1-11(2)9-14-12-8-13(18)16(15-10-12)6-4-3-5-7-17/h8,10-11,14,17H,3-7,9H2,1-2H3. The number of anilines is 1. The van der Waals surface area contributed by atoms with Crippen LogP contribution in [0.25, 0.3) is 0 Å². The molecule has 2 N–H and O–H groups in total. The van der Waals surface area contributed by atoms with Gasteiger partial charge in [0, 0.05) is 25.8 Å². The lowest BCUT2D eigenvalue weighted by atomic mass is 10.2. The highest BCUT2D eigenvalue weighted by molar-refractivity contribution is 5.38. The van der Waals surface area contributed by atoms with E-state index >= 15 is 0 Å². The molecule has 0 aromatic carbocycles. The first-order chi connectivity index (χ1) is 8.63. The molecule has 0 bridgehead atoms. The van der Waals surface area contributed by atoms with Gasteiger partial charge in [0.05, 0.1) is 11.9 Å². The van der Waals surface area contributed by atoms with Crippen LogP contribution in [-0.4, -0.2) is 28.0 Å². The van der Waals surface area contributed by atoms with Gasteiger partial charge in [-0.25, -0.2) is 4.68 Å². The number of aliphatic hydroxyl groups excluding tert-OH is 1. The summed E-state index contributed by atoms with van der Waals surface area (Å²) >= 11 is 0. The number of rotatable bonds is 8. The second-order valence-electron chi connectivity index (χ2n) is 4.86. The number of aliphatic hydroxyl groups is 1. The molecule has 1 aromatic heterocycles. The second kappa shape index (κ2) is 7.87. The summed E-state index contributed by atoms with van der Waals surface area (Å²) in [5, 5.41) is 16.0. The van der Waals surface area contributed by atoms with Crippen molar-refractivity contribution in [2.75, 3.05) is 18.5 Å². The molecule has 0 amide bonds. The van der Waals surface area contributed by atoms with Crippen LogP contribution in [0.4, 0.5) is 5.69 Å². The van der Waals surface area contributed by atoms with Crippen LogP contribution in [0, 0.1) is 5.92 Å². The number of aromatic nitrogens is 2. The number of unbranched alkanes of at least 4 members (excludes halogenated alkanes) is 2. The molecule has 1 heterocycles. The van der Waals surface area contributed by atoms with Crippen molar-refractivity contribution in [2.24, 2.45) is 5.92 Å². The van der Waals surface area contributed by atoms with Crippen molar-refractivity contribution < 1.29 is 5.11 Å². The zero-order valence-electron chi connectivity index (χ0n) is 11.2. The minimum absolute atomic E-state index is 0.0762. The van der Waals surface area contributed by atoms with E-state index in [2.05, 4.69) is 24.3 Å². The Hall–Kier alpha value is -1.36. The predicted octanol–water partition coefficient (Wildman–Crippen LogP) is 1.47. The minimum Gasteiger partial charge on any atom is -0.396 e. The Morgan fingerprint density at radius 1 is 1.39 bits per heavy atom. The summed E-state index contributed by atoms with van der Waals surface area (Å²) in [5.74, 6) is 0.533. The molecule has 0 aliphatic rings. The van der Waals surface area contributed by atoms with Crippen molar-refractivity contribution in [3.63, 3.8) is 0 Å². The van der Waals surface area contributed by atoms with Crippen molar-refractivity contribution >= 4 is 5.69 Å². The average molecular weight is 253 g/mol. The van der Waals surface area contributed by atoms with E-state index in [0.29, 0.717) is 12.5 Å². The molecular formula is C13H23N3O2. The van der Waals surface area contributed by atoms with Crippen LogP contribution in [0.1, 0.15) is 33.1 Å². The maximum Gasteiger partial charge on any atom is 0.268 e. The number of nitrogens with one attached hydrogen (secondary N) is 1. The molecule has 5 nitrogen and oxygen atoms in total. The fourth-order valence-corrected chi connectivity index (χ4v) is 1.57. The summed E-state index contributed by atoms with van der Waals surface area (Å²) in [6.45, 7) is 5.89. The van der Waals surface area contributed by atoms with Gasteiger partial charge in [-0.15, -0.1) is 0 Å². The Labute approximate surface area is 108 Å². The van der Waals surface area contributed by atoms with Gasteiger partial charge < -0.3 is 10.4 Å². The quantitative estimate of drug-likeness (QED) is 0.689. The highest BCUT2D eigenvalue weighted by atomic mass is 16.2. The van der Waals surface area contributed by atoms with E-state index in [1.807, 2.05) is 0 Å². The average Bonchev–Trinajstić information content (AvgIpc) is 2.34. The van der Waals surface area contributed by atoms with E-state index in [0.717, 1.165) is 31.5 Å². The van der Waals surface area contributed by atoms with E-state index in [-0.39, 0.29) is 12.2 Å². The molecule has 0 radical (unpaired) electrons. The van der Waals surface area contributed by atoms with Gasteiger partial charge in [0.15, 0.2) is 0 Å². The number of nitrogens with zero attached hydrogens (tertiary/aromatic N) is 2. The fraction of sp³-hybridized carbons (Fsp3) is 0.692. The topological polar surface area (TPSA) is 67.2 Å². The Bertz CT molecular complexity index is 401. The molecule has 0 saturated carbocycles. The maximum absolute atomic E-state index is 11.8. The molecule has 0 spiro atoms. The predicted molar refractivity (Wildman–Crippen MR) is 72.8 cm³/mol. The third kappa shape index (κ3) is 5.31. The minimum atomic E-state index is -0.0762. The van der Waals surface area contributed by atoms with E-state index in [4.69, 9.17) is 5.11 Å². The van der Waals surface area contributed by atoms with E-state index in [1.54, 1.807) is 12.3 Å². The van der Waals surface area contributed by atoms with Crippen LogP contribution in [0.15, 0.2) is 17.1 Å². The lowest BCUT2D eigenvalue weighted by molar-refractivity contribution is 0.281. The van der Waals surface area contributed by atoms with Crippen LogP contribution in [-0.2, 0) is 6.54 Å². The van der Waals surface area contributed by atoms with Crippen LogP contribution in [0.3, 0.4) is 0 Å². The van der Waals surface area contributed by atoms with E-state index < -0.39 is 0 Å². The molecule has 1 aromatic rings. The van der Waals surface area contributed by atoms with Gasteiger partial charge in [0.1, 0.15) is 0 Å². The summed E-state index contributed by atoms with van der Waals surface area (Å²) in [5.41, 5.74) is 0.702. The van der Waals surface area contributed by atoms with Crippen molar-refractivity contribution in [1.29, 1.82) is 0 Å². The largest absolute Gasteiger partial charge is 0.396 e. The van der Waals surface area contributed by atoms with E-state index in [9.17, 15) is 4.79 Å². The van der Waals surface area contributed by atoms with Gasteiger partial charge in [-0.1, -0.05) is 13.8 Å². The fourth-order valence-electron chi connectivity index (χ4n) is 1.57. The van der Waals surface area contributed by atoms with Gasteiger partial charge in [0.25, 0.3) is 5.56 Å². The Balaban J connectivity index is 2.49. The zero-order valence-corrected chi connectivity index (χ0v) is 11.2. The van der Waals surface area contributed by atoms with Crippen LogP contribution in [0.2, 0.25) is 0 Å². The molecule has 0 atom stereocenters. The molecule has 0 fully saturated rings. The van der Waals surface area contributed by atoms with Crippen LogP contribution < -0.4 is 10.9 Å². The molecule has 5 heteroatoms. The second-order valence-corrected chi connectivity index (χ2v) is 4.86. The zero-order chi connectivity index (χ0) is 13.4. The first kappa shape index (κ1) is 14.7. The van der Waals surface area contributed by atoms with Gasteiger partial charge in [0.2, 0.25) is 0 Å². The van der Waals surface area contributed by atoms with Crippen LogP contribution >= 0.6 is 0 Å². The molecule has 18 heavy (non-hydrogen) atoms. The first-order valence-corrected chi connectivity index (χ1v) is 6.55. The third-order valence-corrected chi connectivity index (χ3v) is 2.61. The maximum atomic E-state index is 11.8. The smallest absolute Gasteiger partial charge is 0.268 e. The van der Waals surface area contributed by atoms with Gasteiger partial charge >= 0.3 is 0 Å². The molecule has 0 unspecified atom stereocenters. The van der Waals surface area contributed by atoms with Gasteiger partial charge in [-0.3, -0.25) is 4.79 Å². The normalized spacial score (nSPS) is 10.9. The Morgan fingerprint density at radius 3 is 2.78 bits per heavy atom. The van der Waals surface area contributed by atoms with Gasteiger partial charge in [-0.05, 0) is 25.2 Å². The summed E-state index contributed by atoms with van der Waals surface area (Å²) in [4.78, 5) is 11.8. The van der Waals surface area contributed by atoms with Gasteiger partial charge in [-0.2, -0.15) is 5.10 Å². The molecule has 0 saturated heterocycles. The monoisotopic (exact) mass is 253 g/mol. The summed E-state index contributed by atoms with van der Waals surface area (Å²) < 4.78 is 1.47. The number of aryl methyl sites for hydroxylation is 1. The highest BCUT2D eigenvalue weighted by Gasteiger charge is 2.01. The summed E-state index contributed by atoms with van der Waals surface area (Å²) in [6, 6.07) is 1.58.